The molecule has 0 radical (unpaired) electrons. The molecule has 214 valence electrons. The van der Waals surface area contributed by atoms with Gasteiger partial charge in [-0.15, -0.1) is 0 Å². The molecule has 0 aliphatic rings. The van der Waals surface area contributed by atoms with Crippen molar-refractivity contribution in [2.45, 2.75) is 38.2 Å². The lowest BCUT2D eigenvalue weighted by Gasteiger charge is -2.34. The van der Waals surface area contributed by atoms with E-state index in [1.807, 2.05) is 0 Å². The average molecular weight is 561 g/mol. The molecule has 0 saturated heterocycles. The number of aldehydes is 1. The van der Waals surface area contributed by atoms with Crippen molar-refractivity contribution in [3.63, 3.8) is 0 Å². The number of nitrogens with two attached hydrogens (primary N) is 2. The highest BCUT2D eigenvalue weighted by Crippen LogP contribution is 2.26. The van der Waals surface area contributed by atoms with Gasteiger partial charge in [0, 0.05) is 6.54 Å². The van der Waals surface area contributed by atoms with Crippen LogP contribution in [0.2, 0.25) is 0 Å². The van der Waals surface area contributed by atoms with Crippen LogP contribution in [-0.2, 0) is 43.6 Å². The van der Waals surface area contributed by atoms with Crippen molar-refractivity contribution >= 4 is 30.4 Å². The second kappa shape index (κ2) is 15.4. The zero-order valence-corrected chi connectivity index (χ0v) is 22.4. The van der Waals surface area contributed by atoms with Gasteiger partial charge in [0.25, 0.3) is 0 Å². The summed E-state index contributed by atoms with van der Waals surface area (Å²) in [5.74, 6) is -1.34. The van der Waals surface area contributed by atoms with E-state index in [-0.39, 0.29) is 51.5 Å². The first-order valence-corrected chi connectivity index (χ1v) is 12.8. The summed E-state index contributed by atoms with van der Waals surface area (Å²) in [6.45, 7) is -0.667. The lowest BCUT2D eigenvalue weighted by molar-refractivity contribution is -0.160. The number of esters is 1. The SMILES string of the molecule is NC(N)=NCCC[C@](C=O)(C(=O)OCc1ccccc1)N(C(=O)OCc1ccccc1)C(=O)OCc1ccccc1. The molecule has 4 N–H and O–H groups in total. The maximum absolute atomic E-state index is 13.6. The van der Waals surface area contributed by atoms with Gasteiger partial charge in [-0.1, -0.05) is 91.0 Å². The van der Waals surface area contributed by atoms with Crippen LogP contribution in [0.3, 0.4) is 0 Å². The van der Waals surface area contributed by atoms with Crippen LogP contribution >= 0.6 is 0 Å². The van der Waals surface area contributed by atoms with Gasteiger partial charge in [0.1, 0.15) is 19.8 Å². The molecule has 0 aromatic heterocycles. The van der Waals surface area contributed by atoms with Gasteiger partial charge in [-0.2, -0.15) is 4.90 Å². The molecule has 41 heavy (non-hydrogen) atoms. The Morgan fingerprint density at radius 1 is 0.707 bits per heavy atom. The Morgan fingerprint density at radius 3 is 1.51 bits per heavy atom. The maximum atomic E-state index is 13.6. The largest absolute Gasteiger partial charge is 0.459 e. The third-order valence-electron chi connectivity index (χ3n) is 5.95. The number of ether oxygens (including phenoxy) is 3. The lowest BCUT2D eigenvalue weighted by Crippen LogP contribution is -2.61. The van der Waals surface area contributed by atoms with E-state index in [1.54, 1.807) is 91.0 Å². The number of nitrogens with zero attached hydrogens (tertiary/aromatic N) is 2. The van der Waals surface area contributed by atoms with Crippen molar-refractivity contribution < 1.29 is 33.4 Å². The second-order valence-corrected chi connectivity index (χ2v) is 8.93. The molecule has 3 aromatic rings. The number of imide groups is 1. The van der Waals surface area contributed by atoms with E-state index in [4.69, 9.17) is 25.7 Å². The highest BCUT2D eigenvalue weighted by molar-refractivity contribution is 6.06. The molecule has 0 heterocycles. The summed E-state index contributed by atoms with van der Waals surface area (Å²) in [5.41, 5.74) is 10.2. The van der Waals surface area contributed by atoms with Crippen LogP contribution in [-0.4, -0.2) is 47.4 Å². The minimum Gasteiger partial charge on any atom is -0.459 e. The van der Waals surface area contributed by atoms with Gasteiger partial charge in [0.05, 0.1) is 0 Å². The van der Waals surface area contributed by atoms with E-state index < -0.39 is 23.7 Å². The van der Waals surface area contributed by atoms with Crippen molar-refractivity contribution in [1.29, 1.82) is 0 Å². The molecule has 0 fully saturated rings. The molecule has 0 aliphatic carbocycles. The summed E-state index contributed by atoms with van der Waals surface area (Å²) in [5, 5.41) is 0. The summed E-state index contributed by atoms with van der Waals surface area (Å²) in [7, 11) is 0. The minimum atomic E-state index is -2.44. The van der Waals surface area contributed by atoms with Crippen LogP contribution in [0.25, 0.3) is 0 Å². The molecule has 11 nitrogen and oxygen atoms in total. The van der Waals surface area contributed by atoms with Gasteiger partial charge < -0.3 is 30.5 Å². The summed E-state index contributed by atoms with van der Waals surface area (Å²) in [6.07, 6.45) is -2.67. The molecular formula is C30H32N4O7. The van der Waals surface area contributed by atoms with E-state index in [0.717, 1.165) is 0 Å². The van der Waals surface area contributed by atoms with E-state index >= 15 is 0 Å². The second-order valence-electron chi connectivity index (χ2n) is 8.93. The first kappa shape index (κ1) is 30.4. The van der Waals surface area contributed by atoms with Crippen LogP contribution in [0.5, 0.6) is 0 Å². The number of carbonyl (C=O) groups excluding carboxylic acids is 4. The number of hydrogen-bond acceptors (Lipinski definition) is 8. The number of rotatable bonds is 13. The third-order valence-corrected chi connectivity index (χ3v) is 5.95. The van der Waals surface area contributed by atoms with Crippen molar-refractivity contribution in [2.24, 2.45) is 16.5 Å². The van der Waals surface area contributed by atoms with E-state index in [1.165, 1.54) is 0 Å². The molecule has 0 bridgehead atoms. The molecule has 3 rings (SSSR count). The number of hydrogen-bond donors (Lipinski definition) is 2. The molecule has 1 atom stereocenters. The fourth-order valence-electron chi connectivity index (χ4n) is 3.84. The van der Waals surface area contributed by atoms with Crippen LogP contribution in [0.15, 0.2) is 96.0 Å². The predicted molar refractivity (Wildman–Crippen MR) is 150 cm³/mol. The molecular weight excluding hydrogens is 528 g/mol. The summed E-state index contributed by atoms with van der Waals surface area (Å²) in [4.78, 5) is 57.5. The molecule has 2 amide bonds. The number of amides is 2. The molecule has 0 saturated carbocycles. The first-order chi connectivity index (χ1) is 19.9. The summed E-state index contributed by atoms with van der Waals surface area (Å²) < 4.78 is 16.2. The smallest absolute Gasteiger partial charge is 0.421 e. The van der Waals surface area contributed by atoms with Crippen LogP contribution in [0.4, 0.5) is 9.59 Å². The van der Waals surface area contributed by atoms with Gasteiger partial charge >= 0.3 is 18.2 Å². The van der Waals surface area contributed by atoms with Gasteiger partial charge in [0.2, 0.25) is 5.54 Å². The fraction of sp³-hybridized carbons (Fsp3) is 0.233. The van der Waals surface area contributed by atoms with Gasteiger partial charge in [-0.25, -0.2) is 14.4 Å². The molecule has 0 unspecified atom stereocenters. The fourth-order valence-corrected chi connectivity index (χ4v) is 3.84. The normalized spacial score (nSPS) is 11.8. The lowest BCUT2D eigenvalue weighted by atomic mass is 9.93. The Morgan fingerprint density at radius 2 is 1.12 bits per heavy atom. The Balaban J connectivity index is 1.94. The third kappa shape index (κ3) is 8.92. The molecule has 3 aromatic carbocycles. The van der Waals surface area contributed by atoms with Crippen LogP contribution in [0.1, 0.15) is 29.5 Å². The number of aliphatic imine (C=N–C) groups is 1. The van der Waals surface area contributed by atoms with E-state index in [9.17, 15) is 19.2 Å². The number of benzene rings is 3. The van der Waals surface area contributed by atoms with E-state index in [2.05, 4.69) is 4.99 Å². The van der Waals surface area contributed by atoms with Gasteiger partial charge in [0.15, 0.2) is 12.2 Å². The highest BCUT2D eigenvalue weighted by atomic mass is 16.6. The standard InChI is InChI=1S/C30H32N4O7/c31-27(32)33-18-10-17-30(22-35,26(36)39-19-23-11-4-1-5-12-23)34(28(37)40-20-24-13-6-2-7-14-24)29(38)41-21-25-15-8-3-9-16-25/h1-9,11-16,22H,10,17-21H2,(H4,31,32,33)/t30-/m0/s1. The van der Waals surface area contributed by atoms with Crippen molar-refractivity contribution in [1.82, 2.24) is 4.90 Å². The summed E-state index contributed by atoms with van der Waals surface area (Å²) in [6, 6.07) is 26.1. The highest BCUT2D eigenvalue weighted by Gasteiger charge is 2.53. The Bertz CT molecular complexity index is 1260. The van der Waals surface area contributed by atoms with Gasteiger partial charge in [-0.05, 0) is 29.5 Å². The van der Waals surface area contributed by atoms with E-state index in [0.29, 0.717) is 21.6 Å². The molecule has 0 spiro atoms. The Hall–Kier alpha value is -5.19. The van der Waals surface area contributed by atoms with Crippen molar-refractivity contribution in [2.75, 3.05) is 6.54 Å². The Labute approximate surface area is 237 Å². The number of carbonyl (C=O) groups is 4. The predicted octanol–water partition coefficient (Wildman–Crippen LogP) is 3.70. The Kier molecular flexibility index (Phi) is 11.4. The van der Waals surface area contributed by atoms with Crippen molar-refractivity contribution in [3.05, 3.63) is 108 Å². The summed E-state index contributed by atoms with van der Waals surface area (Å²) >= 11 is 0. The minimum absolute atomic E-state index is 0.00978. The quantitative estimate of drug-likeness (QED) is 0.0603. The van der Waals surface area contributed by atoms with Crippen LogP contribution in [0, 0.1) is 0 Å². The van der Waals surface area contributed by atoms with Crippen molar-refractivity contribution in [3.8, 4) is 0 Å². The molecule has 0 aliphatic heterocycles. The first-order valence-electron chi connectivity index (χ1n) is 12.8. The van der Waals surface area contributed by atoms with Crippen LogP contribution < -0.4 is 11.5 Å². The maximum Gasteiger partial charge on any atom is 0.421 e. The average Bonchev–Trinajstić information content (AvgIpc) is 3.00. The topological polar surface area (TPSA) is 164 Å². The zero-order valence-electron chi connectivity index (χ0n) is 22.4. The molecule has 11 heteroatoms. The monoisotopic (exact) mass is 560 g/mol. The van der Waals surface area contributed by atoms with Gasteiger partial charge in [-0.3, -0.25) is 4.99 Å². The zero-order chi connectivity index (χ0) is 29.5. The number of guanidine groups is 1.